The Morgan fingerprint density at radius 1 is 1.44 bits per heavy atom. The standard InChI is InChI=1S/C14H18BrN3/c1-4-18-8-13(17-9-18)14(16-3)12-6-5-11(15)7-10(12)2/h5-9,14,16H,4H2,1-3H3. The van der Waals surface area contributed by atoms with Crippen LogP contribution >= 0.6 is 15.9 Å². The fourth-order valence-corrected chi connectivity index (χ4v) is 2.60. The first-order valence-electron chi connectivity index (χ1n) is 6.10. The van der Waals surface area contributed by atoms with Crippen LogP contribution in [0.2, 0.25) is 0 Å². The van der Waals surface area contributed by atoms with Gasteiger partial charge >= 0.3 is 0 Å². The van der Waals surface area contributed by atoms with Crippen LogP contribution in [0.1, 0.15) is 29.8 Å². The van der Waals surface area contributed by atoms with Crippen LogP contribution in [-0.2, 0) is 6.54 Å². The molecular weight excluding hydrogens is 290 g/mol. The summed E-state index contributed by atoms with van der Waals surface area (Å²) in [5, 5.41) is 3.34. The predicted octanol–water partition coefficient (Wildman–Crippen LogP) is 3.28. The van der Waals surface area contributed by atoms with Crippen molar-refractivity contribution in [2.75, 3.05) is 7.05 Å². The van der Waals surface area contributed by atoms with Gasteiger partial charge in [-0.05, 0) is 44.2 Å². The van der Waals surface area contributed by atoms with Gasteiger partial charge in [-0.15, -0.1) is 0 Å². The van der Waals surface area contributed by atoms with Gasteiger partial charge in [0, 0.05) is 17.2 Å². The smallest absolute Gasteiger partial charge is 0.0950 e. The van der Waals surface area contributed by atoms with Gasteiger partial charge in [-0.3, -0.25) is 0 Å². The summed E-state index contributed by atoms with van der Waals surface area (Å²) in [7, 11) is 1.97. The van der Waals surface area contributed by atoms with E-state index in [4.69, 9.17) is 0 Å². The summed E-state index contributed by atoms with van der Waals surface area (Å²) in [6.45, 7) is 5.19. The van der Waals surface area contributed by atoms with E-state index < -0.39 is 0 Å². The fourth-order valence-electron chi connectivity index (χ4n) is 2.13. The Morgan fingerprint density at radius 3 is 2.78 bits per heavy atom. The average Bonchev–Trinajstić information content (AvgIpc) is 2.81. The van der Waals surface area contributed by atoms with E-state index in [0.29, 0.717) is 0 Å². The first-order valence-corrected chi connectivity index (χ1v) is 6.90. The third kappa shape index (κ3) is 2.65. The van der Waals surface area contributed by atoms with Gasteiger partial charge in [-0.2, -0.15) is 0 Å². The van der Waals surface area contributed by atoms with Crippen LogP contribution in [0.3, 0.4) is 0 Å². The van der Waals surface area contributed by atoms with Crippen molar-refractivity contribution in [3.63, 3.8) is 0 Å². The number of halogens is 1. The SMILES string of the molecule is CCn1cnc(C(NC)c2ccc(Br)cc2C)c1. The van der Waals surface area contributed by atoms with Crippen LogP contribution in [-0.4, -0.2) is 16.6 Å². The van der Waals surface area contributed by atoms with Crippen LogP contribution in [0.4, 0.5) is 0 Å². The first-order chi connectivity index (χ1) is 8.65. The highest BCUT2D eigenvalue weighted by atomic mass is 79.9. The van der Waals surface area contributed by atoms with Crippen molar-refractivity contribution in [2.24, 2.45) is 0 Å². The van der Waals surface area contributed by atoms with Crippen molar-refractivity contribution in [1.82, 2.24) is 14.9 Å². The number of aryl methyl sites for hydroxylation is 2. The van der Waals surface area contributed by atoms with Crippen molar-refractivity contribution >= 4 is 15.9 Å². The van der Waals surface area contributed by atoms with Crippen LogP contribution in [0.5, 0.6) is 0 Å². The molecule has 96 valence electrons. The van der Waals surface area contributed by atoms with Gasteiger partial charge in [0.25, 0.3) is 0 Å². The molecule has 2 aromatic rings. The third-order valence-electron chi connectivity index (χ3n) is 3.15. The topological polar surface area (TPSA) is 29.9 Å². The van der Waals surface area contributed by atoms with Crippen molar-refractivity contribution < 1.29 is 0 Å². The zero-order chi connectivity index (χ0) is 13.1. The Labute approximate surface area is 116 Å². The predicted molar refractivity (Wildman–Crippen MR) is 77.7 cm³/mol. The molecule has 3 nitrogen and oxygen atoms in total. The number of nitrogens with zero attached hydrogens (tertiary/aromatic N) is 2. The van der Waals surface area contributed by atoms with Gasteiger partial charge < -0.3 is 9.88 Å². The lowest BCUT2D eigenvalue weighted by Gasteiger charge is -2.17. The number of nitrogens with one attached hydrogen (secondary N) is 1. The number of benzene rings is 1. The summed E-state index contributed by atoms with van der Waals surface area (Å²) < 4.78 is 3.20. The Morgan fingerprint density at radius 2 is 2.22 bits per heavy atom. The minimum Gasteiger partial charge on any atom is -0.337 e. The minimum absolute atomic E-state index is 0.144. The molecule has 2 rings (SSSR count). The molecule has 0 aliphatic carbocycles. The molecule has 0 aliphatic rings. The van der Waals surface area contributed by atoms with Gasteiger partial charge in [-0.1, -0.05) is 22.0 Å². The van der Waals surface area contributed by atoms with Crippen molar-refractivity contribution in [3.05, 3.63) is 52.0 Å². The summed E-state index contributed by atoms with van der Waals surface area (Å²) in [5.74, 6) is 0. The number of imidazole rings is 1. The van der Waals surface area contributed by atoms with Crippen LogP contribution in [0.25, 0.3) is 0 Å². The molecule has 1 aromatic heterocycles. The van der Waals surface area contributed by atoms with Gasteiger partial charge in [0.05, 0.1) is 18.1 Å². The highest BCUT2D eigenvalue weighted by Gasteiger charge is 2.16. The fraction of sp³-hybridized carbons (Fsp3) is 0.357. The quantitative estimate of drug-likeness (QED) is 0.939. The summed E-state index contributed by atoms with van der Waals surface area (Å²) in [6, 6.07) is 6.50. The molecule has 1 heterocycles. The molecule has 0 radical (unpaired) electrons. The molecule has 18 heavy (non-hydrogen) atoms. The number of aromatic nitrogens is 2. The number of hydrogen-bond acceptors (Lipinski definition) is 2. The summed E-state index contributed by atoms with van der Waals surface area (Å²) in [5.41, 5.74) is 3.58. The monoisotopic (exact) mass is 307 g/mol. The van der Waals surface area contributed by atoms with E-state index in [1.165, 1.54) is 11.1 Å². The van der Waals surface area contributed by atoms with Gasteiger partial charge in [0.2, 0.25) is 0 Å². The van der Waals surface area contributed by atoms with E-state index in [2.05, 4.69) is 69.0 Å². The number of rotatable bonds is 4. The molecule has 1 unspecified atom stereocenters. The molecule has 0 aliphatic heterocycles. The van der Waals surface area contributed by atoms with Crippen LogP contribution < -0.4 is 5.32 Å². The summed E-state index contributed by atoms with van der Waals surface area (Å²) in [6.07, 6.45) is 3.98. The largest absolute Gasteiger partial charge is 0.337 e. The first kappa shape index (κ1) is 13.3. The molecule has 1 N–H and O–H groups in total. The second kappa shape index (κ2) is 5.67. The van der Waals surface area contributed by atoms with E-state index in [0.717, 1.165) is 16.7 Å². The molecule has 1 aromatic carbocycles. The normalized spacial score (nSPS) is 12.7. The van der Waals surface area contributed by atoms with Crippen LogP contribution in [0, 0.1) is 6.92 Å². The maximum atomic E-state index is 4.49. The Balaban J connectivity index is 2.38. The van der Waals surface area contributed by atoms with E-state index in [-0.39, 0.29) is 6.04 Å². The van der Waals surface area contributed by atoms with E-state index in [1.54, 1.807) is 0 Å². The van der Waals surface area contributed by atoms with E-state index >= 15 is 0 Å². The van der Waals surface area contributed by atoms with Gasteiger partial charge in [0.15, 0.2) is 0 Å². The van der Waals surface area contributed by atoms with Crippen molar-refractivity contribution in [2.45, 2.75) is 26.4 Å². The molecule has 0 bridgehead atoms. The van der Waals surface area contributed by atoms with E-state index in [9.17, 15) is 0 Å². The Bertz CT molecular complexity index is 534. The second-order valence-corrected chi connectivity index (χ2v) is 5.27. The summed E-state index contributed by atoms with van der Waals surface area (Å²) in [4.78, 5) is 4.49. The highest BCUT2D eigenvalue weighted by molar-refractivity contribution is 9.10. The zero-order valence-corrected chi connectivity index (χ0v) is 12.5. The van der Waals surface area contributed by atoms with Crippen molar-refractivity contribution in [3.8, 4) is 0 Å². The second-order valence-electron chi connectivity index (χ2n) is 4.35. The molecule has 1 atom stereocenters. The molecule has 0 amide bonds. The van der Waals surface area contributed by atoms with Gasteiger partial charge in [0.1, 0.15) is 0 Å². The average molecular weight is 308 g/mol. The third-order valence-corrected chi connectivity index (χ3v) is 3.64. The minimum atomic E-state index is 0.144. The molecular formula is C14H18BrN3. The Kier molecular flexibility index (Phi) is 4.19. The Hall–Kier alpha value is -1.13. The molecule has 0 saturated carbocycles. The lowest BCUT2D eigenvalue weighted by atomic mass is 9.99. The van der Waals surface area contributed by atoms with E-state index in [1.807, 2.05) is 13.4 Å². The summed E-state index contributed by atoms with van der Waals surface area (Å²) >= 11 is 3.50. The lowest BCUT2D eigenvalue weighted by molar-refractivity contribution is 0.668. The number of hydrogen-bond donors (Lipinski definition) is 1. The maximum absolute atomic E-state index is 4.49. The molecule has 0 spiro atoms. The van der Waals surface area contributed by atoms with Gasteiger partial charge in [-0.25, -0.2) is 4.98 Å². The zero-order valence-electron chi connectivity index (χ0n) is 10.9. The molecule has 0 fully saturated rings. The molecule has 4 heteroatoms. The highest BCUT2D eigenvalue weighted by Crippen LogP contribution is 2.25. The van der Waals surface area contributed by atoms with Crippen LogP contribution in [0.15, 0.2) is 35.2 Å². The lowest BCUT2D eigenvalue weighted by Crippen LogP contribution is -2.19. The molecule has 0 saturated heterocycles. The maximum Gasteiger partial charge on any atom is 0.0950 e. The van der Waals surface area contributed by atoms with Crippen molar-refractivity contribution in [1.29, 1.82) is 0 Å².